The number of amides is 1. The zero-order chi connectivity index (χ0) is 18.4. The van der Waals surface area contributed by atoms with E-state index in [1.165, 1.54) is 39.2 Å². The molecule has 1 amide bonds. The van der Waals surface area contributed by atoms with Crippen molar-refractivity contribution < 1.29 is 24.2 Å². The lowest BCUT2D eigenvalue weighted by Crippen LogP contribution is -2.45. The molecule has 0 aliphatic heterocycles. The highest BCUT2D eigenvalue weighted by atomic mass is 32.2. The number of thioether (sulfide) groups is 1. The predicted molar refractivity (Wildman–Crippen MR) is 89.5 cm³/mol. The summed E-state index contributed by atoms with van der Waals surface area (Å²) in [5.41, 5.74) is 0. The zero-order valence-corrected chi connectivity index (χ0v) is 15.5. The second-order valence-corrected chi connectivity index (χ2v) is 6.59. The molecule has 2 atom stereocenters. The Morgan fingerprint density at radius 1 is 1.17 bits per heavy atom. The van der Waals surface area contributed by atoms with Crippen molar-refractivity contribution in [3.63, 3.8) is 0 Å². The monoisotopic (exact) mass is 357 g/mol. The van der Waals surface area contributed by atoms with Gasteiger partial charge in [-0.2, -0.15) is 9.97 Å². The van der Waals surface area contributed by atoms with Gasteiger partial charge in [-0.15, -0.1) is 0 Å². The minimum atomic E-state index is -1.06. The maximum atomic E-state index is 12.7. The van der Waals surface area contributed by atoms with Crippen LogP contribution in [0.2, 0.25) is 0 Å². The third-order valence-corrected chi connectivity index (χ3v) is 4.84. The highest BCUT2D eigenvalue weighted by Crippen LogP contribution is 2.30. The molecule has 1 rings (SSSR count). The SMILES string of the molecule is COc1cc(OC)nc(SC(C(=O)N(C)[C@@H](C)C(=O)O)C(C)C)n1. The minimum Gasteiger partial charge on any atom is -0.481 e. The Morgan fingerprint density at radius 2 is 1.67 bits per heavy atom. The molecule has 9 heteroatoms. The van der Waals surface area contributed by atoms with Crippen molar-refractivity contribution in [3.8, 4) is 11.8 Å². The fourth-order valence-electron chi connectivity index (χ4n) is 1.79. The van der Waals surface area contributed by atoms with Crippen molar-refractivity contribution in [2.75, 3.05) is 21.3 Å². The summed E-state index contributed by atoms with van der Waals surface area (Å²) in [6, 6.07) is 0.620. The van der Waals surface area contributed by atoms with Crippen LogP contribution in [0, 0.1) is 5.92 Å². The number of carbonyl (C=O) groups excluding carboxylic acids is 1. The first-order valence-electron chi connectivity index (χ1n) is 7.34. The molecule has 0 bridgehead atoms. The van der Waals surface area contributed by atoms with Crippen molar-refractivity contribution in [3.05, 3.63) is 6.07 Å². The van der Waals surface area contributed by atoms with Gasteiger partial charge in [0.05, 0.1) is 25.5 Å². The smallest absolute Gasteiger partial charge is 0.326 e. The summed E-state index contributed by atoms with van der Waals surface area (Å²) in [5.74, 6) is -0.752. The lowest BCUT2D eigenvalue weighted by atomic mass is 10.1. The molecule has 0 fully saturated rings. The maximum Gasteiger partial charge on any atom is 0.326 e. The molecule has 1 N–H and O–H groups in total. The van der Waals surface area contributed by atoms with Crippen molar-refractivity contribution in [1.82, 2.24) is 14.9 Å². The van der Waals surface area contributed by atoms with Crippen LogP contribution in [0.4, 0.5) is 0 Å². The lowest BCUT2D eigenvalue weighted by molar-refractivity contribution is -0.148. The van der Waals surface area contributed by atoms with Crippen LogP contribution in [-0.4, -0.2) is 64.4 Å². The van der Waals surface area contributed by atoms with Gasteiger partial charge in [0.1, 0.15) is 6.04 Å². The molecule has 1 aromatic heterocycles. The Bertz CT molecular complexity index is 574. The van der Waals surface area contributed by atoms with Gasteiger partial charge in [0.25, 0.3) is 0 Å². The summed E-state index contributed by atoms with van der Waals surface area (Å²) in [6.07, 6.45) is 0. The van der Waals surface area contributed by atoms with E-state index in [9.17, 15) is 9.59 Å². The van der Waals surface area contributed by atoms with Gasteiger partial charge >= 0.3 is 5.97 Å². The van der Waals surface area contributed by atoms with E-state index in [0.29, 0.717) is 16.9 Å². The first kappa shape index (κ1) is 20.0. The summed E-state index contributed by atoms with van der Waals surface area (Å²) in [7, 11) is 4.43. The molecule has 0 aromatic carbocycles. The summed E-state index contributed by atoms with van der Waals surface area (Å²) in [5, 5.41) is 8.88. The van der Waals surface area contributed by atoms with Crippen LogP contribution in [-0.2, 0) is 9.59 Å². The molecule has 0 aliphatic rings. The quantitative estimate of drug-likeness (QED) is 0.552. The molecule has 134 valence electrons. The first-order valence-corrected chi connectivity index (χ1v) is 8.22. The summed E-state index contributed by atoms with van der Waals surface area (Å²) >= 11 is 1.16. The summed E-state index contributed by atoms with van der Waals surface area (Å²) in [6.45, 7) is 5.23. The van der Waals surface area contributed by atoms with Crippen LogP contribution < -0.4 is 9.47 Å². The highest BCUT2D eigenvalue weighted by molar-refractivity contribution is 8.00. The number of carboxylic acids is 1. The fourth-order valence-corrected chi connectivity index (χ4v) is 2.84. The van der Waals surface area contributed by atoms with Crippen LogP contribution in [0.1, 0.15) is 20.8 Å². The Kier molecular flexibility index (Phi) is 7.27. The number of rotatable bonds is 8. The van der Waals surface area contributed by atoms with E-state index in [1.807, 2.05) is 13.8 Å². The average molecular weight is 357 g/mol. The Hall–Kier alpha value is -2.03. The number of ether oxygens (including phenoxy) is 2. The third kappa shape index (κ3) is 4.98. The van der Waals surface area contributed by atoms with Gasteiger partial charge in [0, 0.05) is 7.05 Å². The number of nitrogens with zero attached hydrogens (tertiary/aromatic N) is 3. The molecule has 1 heterocycles. The number of methoxy groups -OCH3 is 2. The number of carbonyl (C=O) groups is 2. The predicted octanol–water partition coefficient (Wildman–Crippen LogP) is 1.54. The maximum absolute atomic E-state index is 12.7. The van der Waals surface area contributed by atoms with Crippen molar-refractivity contribution in [2.24, 2.45) is 5.92 Å². The molecule has 1 aromatic rings. The molecule has 8 nitrogen and oxygen atoms in total. The molecule has 0 spiro atoms. The minimum absolute atomic E-state index is 0.0493. The van der Waals surface area contributed by atoms with Crippen LogP contribution >= 0.6 is 11.8 Å². The van der Waals surface area contributed by atoms with E-state index in [2.05, 4.69) is 9.97 Å². The average Bonchev–Trinajstić information content (AvgIpc) is 2.56. The lowest BCUT2D eigenvalue weighted by Gasteiger charge is -2.28. The standard InChI is InChI=1S/C15H23N3O5S/c1-8(2)12(13(19)18(4)9(3)14(20)21)24-15-16-10(22-5)7-11(17-15)23-6/h7-9,12H,1-6H3,(H,20,21)/t9-,12?/m0/s1. The van der Waals surface area contributed by atoms with Gasteiger partial charge in [-0.3, -0.25) is 4.79 Å². The number of aliphatic carboxylic acids is 1. The van der Waals surface area contributed by atoms with E-state index < -0.39 is 17.3 Å². The van der Waals surface area contributed by atoms with E-state index in [4.69, 9.17) is 14.6 Å². The molecule has 0 radical (unpaired) electrons. The number of hydrogen-bond donors (Lipinski definition) is 1. The summed E-state index contributed by atoms with van der Waals surface area (Å²) in [4.78, 5) is 33.4. The second-order valence-electron chi connectivity index (χ2n) is 5.48. The number of hydrogen-bond acceptors (Lipinski definition) is 7. The second kappa shape index (κ2) is 8.72. The van der Waals surface area contributed by atoms with Crippen molar-refractivity contribution in [1.29, 1.82) is 0 Å². The highest BCUT2D eigenvalue weighted by Gasteiger charge is 2.32. The van der Waals surface area contributed by atoms with Gasteiger partial charge in [-0.05, 0) is 12.8 Å². The van der Waals surface area contributed by atoms with E-state index in [1.54, 1.807) is 0 Å². The van der Waals surface area contributed by atoms with Crippen molar-refractivity contribution in [2.45, 2.75) is 37.2 Å². The fraction of sp³-hybridized carbons (Fsp3) is 0.600. The van der Waals surface area contributed by atoms with Crippen molar-refractivity contribution >= 4 is 23.6 Å². The van der Waals surface area contributed by atoms with Gasteiger partial charge in [-0.25, -0.2) is 4.79 Å². The Morgan fingerprint density at radius 3 is 2.04 bits per heavy atom. The van der Waals surface area contributed by atoms with Gasteiger partial charge in [0.2, 0.25) is 17.7 Å². The summed E-state index contributed by atoms with van der Waals surface area (Å²) < 4.78 is 10.2. The van der Waals surface area contributed by atoms with E-state index in [0.717, 1.165) is 11.8 Å². The normalized spacial score (nSPS) is 13.3. The van der Waals surface area contributed by atoms with E-state index >= 15 is 0 Å². The molecule has 24 heavy (non-hydrogen) atoms. The van der Waals surface area contributed by atoms with E-state index in [-0.39, 0.29) is 11.8 Å². The van der Waals surface area contributed by atoms with Gasteiger partial charge in [0.15, 0.2) is 5.16 Å². The zero-order valence-electron chi connectivity index (χ0n) is 14.6. The number of carboxylic acid groups (broad SMARTS) is 1. The van der Waals surface area contributed by atoms with Crippen LogP contribution in [0.15, 0.2) is 11.2 Å². The molecule has 1 unspecified atom stereocenters. The number of likely N-dealkylation sites (N-methyl/N-ethyl adjacent to an activating group) is 1. The third-order valence-electron chi connectivity index (χ3n) is 3.44. The Balaban J connectivity index is 3.06. The molecule has 0 saturated carbocycles. The molecular formula is C15H23N3O5S. The number of aromatic nitrogens is 2. The molecule has 0 saturated heterocycles. The van der Waals surface area contributed by atoms with Crippen LogP contribution in [0.25, 0.3) is 0 Å². The van der Waals surface area contributed by atoms with Crippen LogP contribution in [0.5, 0.6) is 11.8 Å². The van der Waals surface area contributed by atoms with Crippen LogP contribution in [0.3, 0.4) is 0 Å². The van der Waals surface area contributed by atoms with Gasteiger partial charge in [-0.1, -0.05) is 25.6 Å². The molecule has 0 aliphatic carbocycles. The van der Waals surface area contributed by atoms with Gasteiger partial charge < -0.3 is 19.5 Å². The Labute approximate surface area is 145 Å². The first-order chi connectivity index (χ1) is 11.2. The largest absolute Gasteiger partial charge is 0.481 e. The molecular weight excluding hydrogens is 334 g/mol. The topological polar surface area (TPSA) is 102 Å².